The van der Waals surface area contributed by atoms with Gasteiger partial charge in [-0.05, 0) is 19.9 Å². The summed E-state index contributed by atoms with van der Waals surface area (Å²) in [5.74, 6) is -4.36. The molecule has 0 aromatic rings. The van der Waals surface area contributed by atoms with Crippen LogP contribution in [0.2, 0.25) is 0 Å². The Morgan fingerprint density at radius 1 is 1.28 bits per heavy atom. The number of sulfonamides is 1. The smallest absolute Gasteiger partial charge is 0.315 e. The van der Waals surface area contributed by atoms with E-state index in [1.807, 2.05) is 6.92 Å². The van der Waals surface area contributed by atoms with Crippen LogP contribution in [0.25, 0.3) is 0 Å². The molecule has 18 heavy (non-hydrogen) atoms. The van der Waals surface area contributed by atoms with Crippen LogP contribution < -0.4 is 10.0 Å². The quantitative estimate of drug-likeness (QED) is 0.496. The molecule has 110 valence electrons. The van der Waals surface area contributed by atoms with Gasteiger partial charge in [0.2, 0.25) is 10.0 Å². The number of hydrogen-bond acceptors (Lipinski definition) is 3. The predicted octanol–water partition coefficient (Wildman–Crippen LogP) is 1.19. The lowest BCUT2D eigenvalue weighted by Gasteiger charge is -2.18. The van der Waals surface area contributed by atoms with Gasteiger partial charge >= 0.3 is 12.3 Å². The zero-order valence-corrected chi connectivity index (χ0v) is 11.0. The fraction of sp³-hybridized carbons (Fsp3) is 1.00. The number of nitrogens with one attached hydrogen (secondary N) is 2. The highest BCUT2D eigenvalue weighted by molar-refractivity contribution is 7.90. The Kier molecular flexibility index (Phi) is 7.08. The van der Waals surface area contributed by atoms with Crippen molar-refractivity contribution in [2.75, 3.05) is 19.6 Å². The van der Waals surface area contributed by atoms with Crippen LogP contribution in [0.4, 0.5) is 17.6 Å². The molecule has 0 aliphatic carbocycles. The molecule has 0 heterocycles. The second-order valence-electron chi connectivity index (χ2n) is 3.94. The van der Waals surface area contributed by atoms with Gasteiger partial charge in [-0.3, -0.25) is 0 Å². The zero-order valence-electron chi connectivity index (χ0n) is 10.2. The summed E-state index contributed by atoms with van der Waals surface area (Å²) >= 11 is 0. The molecular weight excluding hydrogens is 276 g/mol. The van der Waals surface area contributed by atoms with Crippen LogP contribution in [0.15, 0.2) is 0 Å². The standard InChI is InChI=1S/C9H18F4N2O2S/c1-3-4-14-5-7(2)18(16,17)15-6-9(12,13)8(10)11/h7-8,14-15H,3-6H2,1-2H3. The minimum atomic E-state index is -4.36. The Morgan fingerprint density at radius 2 is 1.83 bits per heavy atom. The second-order valence-corrected chi connectivity index (χ2v) is 6.13. The van der Waals surface area contributed by atoms with Gasteiger partial charge in [0.1, 0.15) is 0 Å². The topological polar surface area (TPSA) is 58.2 Å². The van der Waals surface area contributed by atoms with Crippen molar-refractivity contribution in [2.45, 2.75) is 37.9 Å². The van der Waals surface area contributed by atoms with Gasteiger partial charge in [-0.1, -0.05) is 6.92 Å². The minimum absolute atomic E-state index is 0.0728. The highest BCUT2D eigenvalue weighted by Gasteiger charge is 2.41. The van der Waals surface area contributed by atoms with Crippen LogP contribution in [-0.4, -0.2) is 45.6 Å². The zero-order chi connectivity index (χ0) is 14.4. The molecule has 0 aromatic carbocycles. The highest BCUT2D eigenvalue weighted by atomic mass is 32.2. The minimum Gasteiger partial charge on any atom is -0.315 e. The van der Waals surface area contributed by atoms with Crippen molar-refractivity contribution < 1.29 is 26.0 Å². The van der Waals surface area contributed by atoms with Crippen molar-refractivity contribution in [1.29, 1.82) is 0 Å². The fourth-order valence-electron chi connectivity index (χ4n) is 1.01. The summed E-state index contributed by atoms with van der Waals surface area (Å²) in [6.07, 6.45) is -3.10. The Hall–Kier alpha value is -0.410. The van der Waals surface area contributed by atoms with E-state index < -0.39 is 34.2 Å². The third kappa shape index (κ3) is 5.96. The van der Waals surface area contributed by atoms with Gasteiger partial charge in [-0.15, -0.1) is 0 Å². The molecule has 0 saturated heterocycles. The van der Waals surface area contributed by atoms with E-state index in [2.05, 4.69) is 5.32 Å². The van der Waals surface area contributed by atoms with E-state index in [9.17, 15) is 26.0 Å². The molecule has 4 nitrogen and oxygen atoms in total. The normalized spacial score (nSPS) is 15.1. The molecule has 0 radical (unpaired) electrons. The Balaban J connectivity index is 4.31. The lowest BCUT2D eigenvalue weighted by atomic mass is 10.4. The summed E-state index contributed by atoms with van der Waals surface area (Å²) in [6, 6.07) is 0. The molecule has 0 aliphatic heterocycles. The third-order valence-electron chi connectivity index (χ3n) is 2.22. The van der Waals surface area contributed by atoms with Crippen LogP contribution in [0.5, 0.6) is 0 Å². The van der Waals surface area contributed by atoms with Crippen LogP contribution >= 0.6 is 0 Å². The van der Waals surface area contributed by atoms with Crippen LogP contribution in [0.1, 0.15) is 20.3 Å². The van der Waals surface area contributed by atoms with E-state index in [-0.39, 0.29) is 6.54 Å². The first-order chi connectivity index (χ1) is 8.13. The number of halogens is 4. The predicted molar refractivity (Wildman–Crippen MR) is 60.5 cm³/mol. The van der Waals surface area contributed by atoms with Crippen LogP contribution in [0.3, 0.4) is 0 Å². The third-order valence-corrected chi connectivity index (χ3v) is 3.99. The average molecular weight is 294 g/mol. The monoisotopic (exact) mass is 294 g/mol. The Labute approximate surface area is 104 Å². The van der Waals surface area contributed by atoms with Crippen molar-refractivity contribution in [1.82, 2.24) is 10.0 Å². The van der Waals surface area contributed by atoms with Crippen molar-refractivity contribution in [2.24, 2.45) is 0 Å². The second kappa shape index (κ2) is 7.25. The van der Waals surface area contributed by atoms with Gasteiger partial charge < -0.3 is 5.32 Å². The van der Waals surface area contributed by atoms with Crippen molar-refractivity contribution in [3.63, 3.8) is 0 Å². The summed E-state index contributed by atoms with van der Waals surface area (Å²) in [7, 11) is -4.03. The van der Waals surface area contributed by atoms with Crippen molar-refractivity contribution in [3.8, 4) is 0 Å². The molecule has 1 atom stereocenters. The number of alkyl halides is 4. The average Bonchev–Trinajstić information content (AvgIpc) is 2.26. The summed E-state index contributed by atoms with van der Waals surface area (Å²) in [5, 5.41) is 1.83. The van der Waals surface area contributed by atoms with Crippen LogP contribution in [0, 0.1) is 0 Å². The Morgan fingerprint density at radius 3 is 2.28 bits per heavy atom. The maximum Gasteiger partial charge on any atom is 0.320 e. The van der Waals surface area contributed by atoms with E-state index in [1.165, 1.54) is 11.6 Å². The first-order valence-corrected chi connectivity index (χ1v) is 7.03. The molecule has 2 N–H and O–H groups in total. The summed E-state index contributed by atoms with van der Waals surface area (Å²) in [5.41, 5.74) is 0. The van der Waals surface area contributed by atoms with Gasteiger partial charge in [0.25, 0.3) is 0 Å². The molecule has 9 heteroatoms. The number of rotatable bonds is 9. The fourth-order valence-corrected chi connectivity index (χ4v) is 2.02. The number of hydrogen-bond donors (Lipinski definition) is 2. The lowest BCUT2D eigenvalue weighted by molar-refractivity contribution is -0.122. The molecular formula is C9H18F4N2O2S. The first kappa shape index (κ1) is 17.6. The van der Waals surface area contributed by atoms with Gasteiger partial charge in [-0.2, -0.15) is 8.78 Å². The summed E-state index contributed by atoms with van der Waals surface area (Å²) in [6.45, 7) is 2.26. The largest absolute Gasteiger partial charge is 0.320 e. The van der Waals surface area contributed by atoms with Gasteiger partial charge in [0.15, 0.2) is 0 Å². The molecule has 0 aromatic heterocycles. The van der Waals surface area contributed by atoms with E-state index in [0.717, 1.165) is 6.42 Å². The van der Waals surface area contributed by atoms with Gasteiger partial charge in [0.05, 0.1) is 11.8 Å². The maximum atomic E-state index is 12.6. The lowest BCUT2D eigenvalue weighted by Crippen LogP contribution is -2.46. The maximum absolute atomic E-state index is 12.6. The van der Waals surface area contributed by atoms with Crippen LogP contribution in [-0.2, 0) is 10.0 Å². The molecule has 0 spiro atoms. The van der Waals surface area contributed by atoms with E-state index in [1.54, 1.807) is 0 Å². The van der Waals surface area contributed by atoms with Crippen molar-refractivity contribution in [3.05, 3.63) is 0 Å². The molecule has 1 unspecified atom stereocenters. The molecule has 0 saturated carbocycles. The molecule has 0 bridgehead atoms. The van der Waals surface area contributed by atoms with E-state index in [0.29, 0.717) is 6.54 Å². The molecule has 0 rings (SSSR count). The van der Waals surface area contributed by atoms with Crippen molar-refractivity contribution >= 4 is 10.0 Å². The van der Waals surface area contributed by atoms with Gasteiger partial charge in [-0.25, -0.2) is 21.9 Å². The van der Waals surface area contributed by atoms with E-state index in [4.69, 9.17) is 0 Å². The SMILES string of the molecule is CCCNCC(C)S(=O)(=O)NCC(F)(F)C(F)F. The molecule has 0 amide bonds. The highest BCUT2D eigenvalue weighted by Crippen LogP contribution is 2.21. The first-order valence-electron chi connectivity index (χ1n) is 5.48. The summed E-state index contributed by atoms with van der Waals surface area (Å²) in [4.78, 5) is 0. The Bertz CT molecular complexity index is 335. The molecule has 0 aliphatic rings. The molecule has 0 fully saturated rings. The van der Waals surface area contributed by atoms with E-state index >= 15 is 0 Å². The summed E-state index contributed by atoms with van der Waals surface area (Å²) < 4.78 is 73.2. The van der Waals surface area contributed by atoms with Gasteiger partial charge in [0, 0.05) is 6.54 Å².